The van der Waals surface area contributed by atoms with Crippen molar-refractivity contribution in [1.82, 2.24) is 5.32 Å². The van der Waals surface area contributed by atoms with Gasteiger partial charge in [0.15, 0.2) is 11.5 Å². The van der Waals surface area contributed by atoms with Crippen LogP contribution in [-0.2, 0) is 4.79 Å². The molecule has 0 saturated carbocycles. The minimum absolute atomic E-state index is 0.151. The van der Waals surface area contributed by atoms with Crippen LogP contribution >= 0.6 is 0 Å². The SMILES string of the molecule is CCCCC(NC(=O)c1ccc2c(c1)OCO2)C(=O)Nc1cccc(N2CCCC2)c1. The van der Waals surface area contributed by atoms with E-state index in [9.17, 15) is 9.59 Å². The largest absolute Gasteiger partial charge is 0.454 e. The minimum atomic E-state index is -0.617. The highest BCUT2D eigenvalue weighted by Crippen LogP contribution is 2.32. The average molecular weight is 424 g/mol. The number of benzene rings is 2. The van der Waals surface area contributed by atoms with E-state index in [1.807, 2.05) is 18.2 Å². The van der Waals surface area contributed by atoms with Gasteiger partial charge in [0.05, 0.1) is 0 Å². The van der Waals surface area contributed by atoms with Gasteiger partial charge in [-0.1, -0.05) is 25.8 Å². The van der Waals surface area contributed by atoms with Crippen LogP contribution in [0.15, 0.2) is 42.5 Å². The fourth-order valence-corrected chi connectivity index (χ4v) is 3.94. The van der Waals surface area contributed by atoms with E-state index in [0.29, 0.717) is 23.5 Å². The third kappa shape index (κ3) is 5.10. The van der Waals surface area contributed by atoms with E-state index in [2.05, 4.69) is 28.5 Å². The van der Waals surface area contributed by atoms with Crippen LogP contribution in [0.5, 0.6) is 11.5 Å². The van der Waals surface area contributed by atoms with E-state index in [1.165, 1.54) is 12.8 Å². The van der Waals surface area contributed by atoms with Crippen LogP contribution in [0.2, 0.25) is 0 Å². The number of carbonyl (C=O) groups is 2. The maximum absolute atomic E-state index is 13.0. The van der Waals surface area contributed by atoms with Gasteiger partial charge in [-0.25, -0.2) is 0 Å². The van der Waals surface area contributed by atoms with Crippen LogP contribution < -0.4 is 25.0 Å². The Bertz CT molecular complexity index is 940. The smallest absolute Gasteiger partial charge is 0.252 e. The first kappa shape index (κ1) is 21.0. The predicted octanol–water partition coefficient (Wildman–Crippen LogP) is 3.94. The molecule has 7 nitrogen and oxygen atoms in total. The first-order valence-electron chi connectivity index (χ1n) is 11.0. The summed E-state index contributed by atoms with van der Waals surface area (Å²) >= 11 is 0. The van der Waals surface area contributed by atoms with Gasteiger partial charge in [-0.15, -0.1) is 0 Å². The molecule has 4 rings (SSSR count). The van der Waals surface area contributed by atoms with Crippen molar-refractivity contribution >= 4 is 23.2 Å². The molecule has 2 amide bonds. The fourth-order valence-electron chi connectivity index (χ4n) is 3.94. The molecule has 0 radical (unpaired) electrons. The number of nitrogens with one attached hydrogen (secondary N) is 2. The molecule has 0 aliphatic carbocycles. The van der Waals surface area contributed by atoms with Crippen LogP contribution in [0.1, 0.15) is 49.4 Å². The summed E-state index contributed by atoms with van der Waals surface area (Å²) in [5.74, 6) is 0.650. The maximum Gasteiger partial charge on any atom is 0.252 e. The Morgan fingerprint density at radius 1 is 1.06 bits per heavy atom. The lowest BCUT2D eigenvalue weighted by Gasteiger charge is -2.21. The summed E-state index contributed by atoms with van der Waals surface area (Å²) in [5, 5.41) is 5.88. The molecule has 2 aliphatic rings. The number of hydrogen-bond acceptors (Lipinski definition) is 5. The summed E-state index contributed by atoms with van der Waals surface area (Å²) in [4.78, 5) is 28.2. The molecule has 2 N–H and O–H groups in total. The van der Waals surface area contributed by atoms with Gasteiger partial charge in [0, 0.05) is 30.0 Å². The standard InChI is InChI=1S/C24H29N3O4/c1-2-3-9-20(26-23(28)17-10-11-21-22(14-17)31-16-30-21)24(29)25-18-7-6-8-19(15-18)27-12-4-5-13-27/h6-8,10-11,14-15,20H,2-5,9,12-13,16H2,1H3,(H,25,29)(H,26,28). The molecule has 0 spiro atoms. The van der Waals surface area contributed by atoms with Gasteiger partial charge in [0.2, 0.25) is 12.7 Å². The number of amides is 2. The number of fused-ring (bicyclic) bond motifs is 1. The number of anilines is 2. The first-order valence-corrected chi connectivity index (χ1v) is 11.0. The van der Waals surface area contributed by atoms with Gasteiger partial charge in [0.25, 0.3) is 5.91 Å². The quantitative estimate of drug-likeness (QED) is 0.672. The monoisotopic (exact) mass is 423 g/mol. The van der Waals surface area contributed by atoms with E-state index >= 15 is 0 Å². The molecule has 1 atom stereocenters. The molecule has 2 aromatic rings. The van der Waals surface area contributed by atoms with Crippen molar-refractivity contribution in [1.29, 1.82) is 0 Å². The van der Waals surface area contributed by atoms with Crippen LogP contribution in [-0.4, -0.2) is 37.7 Å². The summed E-state index contributed by atoms with van der Waals surface area (Å²) in [6.07, 6.45) is 4.75. The van der Waals surface area contributed by atoms with Gasteiger partial charge >= 0.3 is 0 Å². The summed E-state index contributed by atoms with van der Waals surface area (Å²) in [6.45, 7) is 4.30. The zero-order valence-corrected chi connectivity index (χ0v) is 17.9. The number of nitrogens with zero attached hydrogens (tertiary/aromatic N) is 1. The Morgan fingerprint density at radius 2 is 1.87 bits per heavy atom. The van der Waals surface area contributed by atoms with Gasteiger partial charge in [-0.05, 0) is 55.7 Å². The molecule has 0 bridgehead atoms. The van der Waals surface area contributed by atoms with Crippen LogP contribution in [0.25, 0.3) is 0 Å². The van der Waals surface area contributed by atoms with Crippen LogP contribution in [0, 0.1) is 0 Å². The summed E-state index contributed by atoms with van der Waals surface area (Å²) in [6, 6.07) is 12.3. The molecule has 2 aliphatic heterocycles. The number of carbonyl (C=O) groups excluding carboxylic acids is 2. The van der Waals surface area contributed by atoms with Crippen LogP contribution in [0.4, 0.5) is 11.4 Å². The Balaban J connectivity index is 1.43. The molecule has 1 saturated heterocycles. The summed E-state index contributed by atoms with van der Waals surface area (Å²) in [5.41, 5.74) is 2.30. The molecule has 2 heterocycles. The second-order valence-electron chi connectivity index (χ2n) is 7.97. The normalized spacial score (nSPS) is 15.6. The Hall–Kier alpha value is -3.22. The lowest BCUT2D eigenvalue weighted by Crippen LogP contribution is -2.43. The van der Waals surface area contributed by atoms with E-state index in [1.54, 1.807) is 18.2 Å². The topological polar surface area (TPSA) is 79.9 Å². The fraction of sp³-hybridized carbons (Fsp3) is 0.417. The second kappa shape index (κ2) is 9.73. The predicted molar refractivity (Wildman–Crippen MR) is 120 cm³/mol. The second-order valence-corrected chi connectivity index (χ2v) is 7.97. The van der Waals surface area contributed by atoms with Crippen molar-refractivity contribution in [3.05, 3.63) is 48.0 Å². The zero-order chi connectivity index (χ0) is 21.6. The van der Waals surface area contributed by atoms with Gasteiger partial charge < -0.3 is 25.0 Å². The van der Waals surface area contributed by atoms with Gasteiger partial charge in [0.1, 0.15) is 6.04 Å². The lowest BCUT2D eigenvalue weighted by atomic mass is 10.1. The molecular formula is C24H29N3O4. The number of unbranched alkanes of at least 4 members (excludes halogenated alkanes) is 1. The number of rotatable bonds is 8. The summed E-state index contributed by atoms with van der Waals surface area (Å²) < 4.78 is 10.7. The molecule has 31 heavy (non-hydrogen) atoms. The molecule has 7 heteroatoms. The third-order valence-corrected chi connectivity index (χ3v) is 5.69. The van der Waals surface area contributed by atoms with E-state index in [0.717, 1.165) is 37.3 Å². The third-order valence-electron chi connectivity index (χ3n) is 5.69. The zero-order valence-electron chi connectivity index (χ0n) is 17.9. The molecule has 0 aromatic heterocycles. The van der Waals surface area contributed by atoms with Crippen molar-refractivity contribution in [3.63, 3.8) is 0 Å². The Labute approximate surface area is 182 Å². The van der Waals surface area contributed by atoms with Crippen molar-refractivity contribution in [3.8, 4) is 11.5 Å². The number of hydrogen-bond donors (Lipinski definition) is 2. The molecular weight excluding hydrogens is 394 g/mol. The Kier molecular flexibility index (Phi) is 6.60. The molecule has 1 fully saturated rings. The highest BCUT2D eigenvalue weighted by atomic mass is 16.7. The summed E-state index contributed by atoms with van der Waals surface area (Å²) in [7, 11) is 0. The van der Waals surface area contributed by atoms with Crippen molar-refractivity contribution in [2.24, 2.45) is 0 Å². The van der Waals surface area contributed by atoms with E-state index in [-0.39, 0.29) is 18.6 Å². The average Bonchev–Trinajstić information content (AvgIpc) is 3.48. The van der Waals surface area contributed by atoms with E-state index in [4.69, 9.17) is 9.47 Å². The minimum Gasteiger partial charge on any atom is -0.454 e. The highest BCUT2D eigenvalue weighted by Gasteiger charge is 2.23. The first-order chi connectivity index (χ1) is 15.1. The van der Waals surface area contributed by atoms with Crippen molar-refractivity contribution < 1.29 is 19.1 Å². The van der Waals surface area contributed by atoms with Crippen LogP contribution in [0.3, 0.4) is 0 Å². The van der Waals surface area contributed by atoms with Crippen molar-refractivity contribution in [2.45, 2.75) is 45.1 Å². The number of ether oxygens (including phenoxy) is 2. The molecule has 2 aromatic carbocycles. The lowest BCUT2D eigenvalue weighted by molar-refractivity contribution is -0.118. The molecule has 164 valence electrons. The van der Waals surface area contributed by atoms with E-state index < -0.39 is 6.04 Å². The maximum atomic E-state index is 13.0. The highest BCUT2D eigenvalue weighted by molar-refractivity contribution is 6.01. The van der Waals surface area contributed by atoms with Crippen molar-refractivity contribution in [2.75, 3.05) is 30.1 Å². The molecule has 1 unspecified atom stereocenters. The van der Waals surface area contributed by atoms with Gasteiger partial charge in [-0.2, -0.15) is 0 Å². The Morgan fingerprint density at radius 3 is 2.68 bits per heavy atom. The van der Waals surface area contributed by atoms with Gasteiger partial charge in [-0.3, -0.25) is 9.59 Å².